The first kappa shape index (κ1) is 11.5. The molecule has 0 aliphatic rings. The molecule has 1 N–H and O–H groups in total. The summed E-state index contributed by atoms with van der Waals surface area (Å²) in [4.78, 5) is 11.4. The van der Waals surface area contributed by atoms with Gasteiger partial charge in [0.1, 0.15) is 0 Å². The highest BCUT2D eigenvalue weighted by molar-refractivity contribution is 5.98. The Morgan fingerprint density at radius 3 is 2.76 bits per heavy atom. The van der Waals surface area contributed by atoms with Gasteiger partial charge in [-0.15, -0.1) is 0 Å². The van der Waals surface area contributed by atoms with Gasteiger partial charge >= 0.3 is 6.55 Å². The number of halogens is 2. The summed E-state index contributed by atoms with van der Waals surface area (Å²) >= 11 is 0. The minimum Gasteiger partial charge on any atom is -0.355 e. The average Bonchev–Trinajstić information content (AvgIpc) is 2.65. The number of aryl methyl sites for hydroxylation is 1. The molecule has 0 saturated carbocycles. The predicted molar refractivity (Wildman–Crippen MR) is 59.1 cm³/mol. The Morgan fingerprint density at radius 2 is 2.18 bits per heavy atom. The number of amides is 1. The number of alkyl halides is 2. The first-order valence-electron chi connectivity index (χ1n) is 5.03. The van der Waals surface area contributed by atoms with E-state index in [1.54, 1.807) is 13.0 Å². The largest absolute Gasteiger partial charge is 0.355 e. The Balaban J connectivity index is 2.63. The number of aromatic nitrogens is 2. The molecule has 0 aliphatic heterocycles. The van der Waals surface area contributed by atoms with Crippen LogP contribution in [0, 0.1) is 6.92 Å². The van der Waals surface area contributed by atoms with Crippen LogP contribution in [0.4, 0.5) is 8.78 Å². The average molecular weight is 239 g/mol. The van der Waals surface area contributed by atoms with E-state index in [1.807, 2.05) is 0 Å². The highest BCUT2D eigenvalue weighted by Crippen LogP contribution is 2.23. The molecule has 2 aromatic rings. The van der Waals surface area contributed by atoms with Crippen LogP contribution in [0.25, 0.3) is 10.9 Å². The third-order valence-electron chi connectivity index (χ3n) is 2.57. The number of benzene rings is 1. The third-order valence-corrected chi connectivity index (χ3v) is 2.57. The van der Waals surface area contributed by atoms with Crippen molar-refractivity contribution < 1.29 is 13.6 Å². The quantitative estimate of drug-likeness (QED) is 0.872. The van der Waals surface area contributed by atoms with E-state index in [4.69, 9.17) is 0 Å². The van der Waals surface area contributed by atoms with Crippen LogP contribution in [0.1, 0.15) is 22.6 Å². The monoisotopic (exact) mass is 239 g/mol. The lowest BCUT2D eigenvalue weighted by Gasteiger charge is -2.02. The van der Waals surface area contributed by atoms with Crippen molar-refractivity contribution in [2.24, 2.45) is 0 Å². The summed E-state index contributed by atoms with van der Waals surface area (Å²) in [5.41, 5.74) is 1.23. The normalized spacial score (nSPS) is 11.1. The van der Waals surface area contributed by atoms with E-state index in [-0.39, 0.29) is 5.91 Å². The van der Waals surface area contributed by atoms with Gasteiger partial charge in [0.25, 0.3) is 5.91 Å². The fourth-order valence-corrected chi connectivity index (χ4v) is 1.73. The van der Waals surface area contributed by atoms with Crippen LogP contribution in [-0.2, 0) is 0 Å². The number of nitrogens with one attached hydrogen (secondary N) is 1. The van der Waals surface area contributed by atoms with Gasteiger partial charge < -0.3 is 5.32 Å². The number of rotatable bonds is 2. The molecular weight excluding hydrogens is 228 g/mol. The molecule has 90 valence electrons. The molecule has 1 aromatic heterocycles. The summed E-state index contributed by atoms with van der Waals surface area (Å²) < 4.78 is 26.0. The van der Waals surface area contributed by atoms with Gasteiger partial charge in [-0.3, -0.25) is 4.79 Å². The molecule has 2 rings (SSSR count). The molecule has 1 amide bonds. The van der Waals surface area contributed by atoms with Gasteiger partial charge in [-0.2, -0.15) is 13.9 Å². The third kappa shape index (κ3) is 1.86. The highest BCUT2D eigenvalue weighted by Gasteiger charge is 2.15. The Labute approximate surface area is 96.2 Å². The number of hydrogen-bond acceptors (Lipinski definition) is 2. The fraction of sp³-hybridized carbons (Fsp3) is 0.273. The van der Waals surface area contributed by atoms with E-state index < -0.39 is 6.55 Å². The van der Waals surface area contributed by atoms with E-state index in [1.165, 1.54) is 19.2 Å². The van der Waals surface area contributed by atoms with Crippen LogP contribution in [0.15, 0.2) is 18.2 Å². The van der Waals surface area contributed by atoms with Crippen molar-refractivity contribution in [3.05, 3.63) is 29.5 Å². The van der Waals surface area contributed by atoms with Gasteiger partial charge in [-0.05, 0) is 25.1 Å². The second kappa shape index (κ2) is 4.12. The lowest BCUT2D eigenvalue weighted by molar-refractivity contribution is 0.0612. The van der Waals surface area contributed by atoms with Crippen LogP contribution in [0.3, 0.4) is 0 Å². The Hall–Kier alpha value is -1.98. The van der Waals surface area contributed by atoms with Crippen LogP contribution >= 0.6 is 0 Å². The first-order valence-corrected chi connectivity index (χ1v) is 5.03. The van der Waals surface area contributed by atoms with Gasteiger partial charge in [0, 0.05) is 18.0 Å². The highest BCUT2D eigenvalue weighted by atomic mass is 19.3. The number of nitrogens with zero attached hydrogens (tertiary/aromatic N) is 2. The fourth-order valence-electron chi connectivity index (χ4n) is 1.73. The van der Waals surface area contributed by atoms with Crippen LogP contribution in [0.2, 0.25) is 0 Å². The van der Waals surface area contributed by atoms with Crippen molar-refractivity contribution in [3.8, 4) is 0 Å². The smallest absolute Gasteiger partial charge is 0.333 e. The molecule has 6 heteroatoms. The molecule has 0 bridgehead atoms. The van der Waals surface area contributed by atoms with Crippen molar-refractivity contribution in [3.63, 3.8) is 0 Å². The van der Waals surface area contributed by atoms with E-state index in [2.05, 4.69) is 10.4 Å². The molecule has 17 heavy (non-hydrogen) atoms. The maximum absolute atomic E-state index is 12.7. The Morgan fingerprint density at radius 1 is 1.47 bits per heavy atom. The zero-order valence-electron chi connectivity index (χ0n) is 9.37. The topological polar surface area (TPSA) is 46.9 Å². The molecule has 4 nitrogen and oxygen atoms in total. The summed E-state index contributed by atoms with van der Waals surface area (Å²) in [5.74, 6) is -0.254. The molecule has 0 radical (unpaired) electrons. The number of hydrogen-bond donors (Lipinski definition) is 1. The minimum atomic E-state index is -2.68. The molecule has 1 heterocycles. The van der Waals surface area contributed by atoms with Crippen molar-refractivity contribution in [1.29, 1.82) is 0 Å². The summed E-state index contributed by atoms with van der Waals surface area (Å²) in [6.07, 6.45) is 0. The molecule has 0 fully saturated rings. The Kier molecular flexibility index (Phi) is 2.79. The summed E-state index contributed by atoms with van der Waals surface area (Å²) in [7, 11) is 1.52. The molecule has 0 aliphatic carbocycles. The van der Waals surface area contributed by atoms with E-state index >= 15 is 0 Å². The van der Waals surface area contributed by atoms with Gasteiger partial charge in [-0.1, -0.05) is 0 Å². The molecule has 0 spiro atoms. The van der Waals surface area contributed by atoms with Crippen molar-refractivity contribution in [1.82, 2.24) is 15.1 Å². The zero-order chi connectivity index (χ0) is 12.6. The minimum absolute atomic E-state index is 0.254. The maximum Gasteiger partial charge on any atom is 0.333 e. The van der Waals surface area contributed by atoms with Crippen molar-refractivity contribution in [2.45, 2.75) is 13.5 Å². The van der Waals surface area contributed by atoms with Gasteiger partial charge in [0.2, 0.25) is 0 Å². The molecule has 0 atom stereocenters. The number of carbonyl (C=O) groups excluding carboxylic acids is 1. The molecular formula is C11H11F2N3O. The van der Waals surface area contributed by atoms with Gasteiger partial charge in [0.05, 0.1) is 11.2 Å². The molecule has 0 saturated heterocycles. The van der Waals surface area contributed by atoms with E-state index in [0.717, 1.165) is 0 Å². The first-order chi connectivity index (χ1) is 8.04. The van der Waals surface area contributed by atoms with Gasteiger partial charge in [-0.25, -0.2) is 4.68 Å². The van der Waals surface area contributed by atoms with E-state index in [0.29, 0.717) is 26.8 Å². The lowest BCUT2D eigenvalue weighted by Crippen LogP contribution is -2.17. The van der Waals surface area contributed by atoms with Crippen LogP contribution in [-0.4, -0.2) is 22.7 Å². The van der Waals surface area contributed by atoms with Crippen LogP contribution < -0.4 is 5.32 Å². The summed E-state index contributed by atoms with van der Waals surface area (Å²) in [5, 5.41) is 6.79. The zero-order valence-corrected chi connectivity index (χ0v) is 9.37. The van der Waals surface area contributed by atoms with Gasteiger partial charge in [0.15, 0.2) is 0 Å². The number of fused-ring (bicyclic) bond motifs is 1. The predicted octanol–water partition coefficient (Wildman–Crippen LogP) is 2.10. The molecule has 0 unspecified atom stereocenters. The lowest BCUT2D eigenvalue weighted by atomic mass is 10.1. The van der Waals surface area contributed by atoms with E-state index in [9.17, 15) is 13.6 Å². The maximum atomic E-state index is 12.7. The summed E-state index contributed by atoms with van der Waals surface area (Å²) in [6.45, 7) is -1.05. The second-order valence-electron chi connectivity index (χ2n) is 3.62. The SMILES string of the molecule is CNC(=O)c1ccc2c(c1)c(C)nn2C(F)F. The second-order valence-corrected chi connectivity index (χ2v) is 3.62. The van der Waals surface area contributed by atoms with Crippen LogP contribution in [0.5, 0.6) is 0 Å². The standard InChI is InChI=1S/C11H11F2N3O/c1-6-8-5-7(10(17)14-2)3-4-9(8)16(15-6)11(12)13/h3-5,11H,1-2H3,(H,14,17). The Bertz CT molecular complexity index is 577. The van der Waals surface area contributed by atoms with Crippen molar-refractivity contribution >= 4 is 16.8 Å². The van der Waals surface area contributed by atoms with Crippen molar-refractivity contribution in [2.75, 3.05) is 7.05 Å². The number of carbonyl (C=O) groups is 1. The summed E-state index contributed by atoms with van der Waals surface area (Å²) in [6, 6.07) is 4.54. The molecule has 1 aromatic carbocycles.